The van der Waals surface area contributed by atoms with Crippen molar-refractivity contribution in [3.63, 3.8) is 0 Å². The molecule has 0 aliphatic heterocycles. The molecule has 0 aliphatic carbocycles. The van der Waals surface area contributed by atoms with Crippen LogP contribution in [0.25, 0.3) is 0 Å². The third-order valence-electron chi connectivity index (χ3n) is 2.47. The maximum Gasteiger partial charge on any atom is 0.277 e. The van der Waals surface area contributed by atoms with Crippen molar-refractivity contribution in [3.05, 3.63) is 22.1 Å². The van der Waals surface area contributed by atoms with Crippen LogP contribution >= 0.6 is 11.3 Å². The molecule has 2 aromatic rings. The van der Waals surface area contributed by atoms with Gasteiger partial charge in [0, 0.05) is 5.38 Å². The largest absolute Gasteiger partial charge is 0.481 e. The second kappa shape index (κ2) is 6.46. The Kier molecular flexibility index (Phi) is 4.66. The van der Waals surface area contributed by atoms with Gasteiger partial charge in [0.25, 0.3) is 5.91 Å². The molecule has 1 atom stereocenters. The van der Waals surface area contributed by atoms with Gasteiger partial charge in [-0.25, -0.2) is 4.98 Å². The lowest BCUT2D eigenvalue weighted by Gasteiger charge is -2.06. The molecule has 0 bridgehead atoms. The van der Waals surface area contributed by atoms with E-state index in [1.54, 1.807) is 12.3 Å². The third-order valence-corrected chi connectivity index (χ3v) is 3.51. The van der Waals surface area contributed by atoms with Crippen LogP contribution in [0.5, 0.6) is 11.8 Å². The van der Waals surface area contributed by atoms with Crippen LogP contribution in [0.1, 0.15) is 28.5 Å². The molecular weight excluding hydrogens is 294 g/mol. The minimum absolute atomic E-state index is 0.0755. The Hall–Kier alpha value is -2.26. The number of nitrogens with one attached hydrogen (secondary N) is 1. The van der Waals surface area contributed by atoms with Crippen molar-refractivity contribution < 1.29 is 14.3 Å². The van der Waals surface area contributed by atoms with Crippen LogP contribution in [0, 0.1) is 0 Å². The number of anilines is 1. The first-order valence-electron chi connectivity index (χ1n) is 6.03. The molecule has 8 nitrogen and oxygen atoms in total. The molecule has 2 rings (SSSR count). The number of thiazole rings is 1. The van der Waals surface area contributed by atoms with Crippen LogP contribution in [0.3, 0.4) is 0 Å². The van der Waals surface area contributed by atoms with Gasteiger partial charge in [-0.05, 0) is 6.92 Å². The summed E-state index contributed by atoms with van der Waals surface area (Å²) in [5.41, 5.74) is 5.98. The van der Waals surface area contributed by atoms with E-state index in [2.05, 4.69) is 20.3 Å². The Morgan fingerprint density at radius 3 is 2.38 bits per heavy atom. The molecule has 3 N–H and O–H groups in total. The minimum atomic E-state index is -0.423. The van der Waals surface area contributed by atoms with Gasteiger partial charge in [-0.2, -0.15) is 9.97 Å². The topological polar surface area (TPSA) is 112 Å². The fourth-order valence-corrected chi connectivity index (χ4v) is 2.19. The lowest BCUT2D eigenvalue weighted by Crippen LogP contribution is -2.15. The van der Waals surface area contributed by atoms with E-state index in [1.807, 2.05) is 0 Å². The van der Waals surface area contributed by atoms with Gasteiger partial charge in [-0.1, -0.05) is 0 Å². The van der Waals surface area contributed by atoms with E-state index in [4.69, 9.17) is 15.2 Å². The normalized spacial score (nSPS) is 11.8. The molecule has 0 saturated heterocycles. The number of ether oxygens (including phenoxy) is 2. The number of carbonyl (C=O) groups excluding carboxylic acids is 1. The Balaban J connectivity index is 2.18. The Morgan fingerprint density at radius 1 is 1.29 bits per heavy atom. The average molecular weight is 309 g/mol. The summed E-state index contributed by atoms with van der Waals surface area (Å²) in [7, 11) is 2.92. The Bertz CT molecular complexity index is 621. The first kappa shape index (κ1) is 15.1. The standard InChI is InChI=1S/C12H15N5O3S/c1-6(13)11-14-7(5-21-11)10(18)17-12-15-8(19-2)4-9(16-12)20-3/h4-6H,13H2,1-3H3,(H,15,16,17,18). The zero-order valence-electron chi connectivity index (χ0n) is 11.8. The summed E-state index contributed by atoms with van der Waals surface area (Å²) in [4.78, 5) is 24.3. The molecule has 0 fully saturated rings. The highest BCUT2D eigenvalue weighted by molar-refractivity contribution is 7.09. The van der Waals surface area contributed by atoms with E-state index < -0.39 is 5.91 Å². The average Bonchev–Trinajstić information content (AvgIpc) is 2.97. The first-order chi connectivity index (χ1) is 10.0. The number of carbonyl (C=O) groups is 1. The molecule has 9 heteroatoms. The molecule has 0 saturated carbocycles. The number of rotatable bonds is 5. The summed E-state index contributed by atoms with van der Waals surface area (Å²) in [6.45, 7) is 1.80. The van der Waals surface area contributed by atoms with Crippen molar-refractivity contribution in [2.45, 2.75) is 13.0 Å². The number of amides is 1. The van der Waals surface area contributed by atoms with E-state index >= 15 is 0 Å². The molecule has 0 aromatic carbocycles. The van der Waals surface area contributed by atoms with Crippen molar-refractivity contribution in [2.75, 3.05) is 19.5 Å². The number of nitrogens with two attached hydrogens (primary N) is 1. The van der Waals surface area contributed by atoms with Gasteiger partial charge < -0.3 is 15.2 Å². The van der Waals surface area contributed by atoms with Gasteiger partial charge in [0.2, 0.25) is 17.7 Å². The molecule has 2 heterocycles. The quantitative estimate of drug-likeness (QED) is 0.854. The second-order valence-electron chi connectivity index (χ2n) is 4.09. The highest BCUT2D eigenvalue weighted by Gasteiger charge is 2.15. The van der Waals surface area contributed by atoms with E-state index in [1.165, 1.54) is 31.6 Å². The molecule has 0 spiro atoms. The molecule has 0 aliphatic rings. The van der Waals surface area contributed by atoms with Crippen molar-refractivity contribution >= 4 is 23.2 Å². The smallest absolute Gasteiger partial charge is 0.277 e. The SMILES string of the molecule is COc1cc(OC)nc(NC(=O)c2csc(C(C)N)n2)n1. The summed E-state index contributed by atoms with van der Waals surface area (Å²) < 4.78 is 10.0. The third kappa shape index (κ3) is 3.64. The predicted molar refractivity (Wildman–Crippen MR) is 77.8 cm³/mol. The number of nitrogens with zero attached hydrogens (tertiary/aromatic N) is 3. The fourth-order valence-electron chi connectivity index (χ4n) is 1.44. The van der Waals surface area contributed by atoms with E-state index in [-0.39, 0.29) is 29.4 Å². The maximum atomic E-state index is 12.1. The summed E-state index contributed by atoms with van der Waals surface area (Å²) in [5.74, 6) is 0.221. The first-order valence-corrected chi connectivity index (χ1v) is 6.91. The lowest BCUT2D eigenvalue weighted by atomic mass is 10.4. The fraction of sp³-hybridized carbons (Fsp3) is 0.333. The molecule has 1 unspecified atom stereocenters. The molecular formula is C12H15N5O3S. The van der Waals surface area contributed by atoms with Crippen LogP contribution in [0.15, 0.2) is 11.4 Å². The van der Waals surface area contributed by atoms with Crippen LogP contribution in [0.2, 0.25) is 0 Å². The van der Waals surface area contributed by atoms with Crippen molar-refractivity contribution in [1.82, 2.24) is 15.0 Å². The zero-order chi connectivity index (χ0) is 15.4. The minimum Gasteiger partial charge on any atom is -0.481 e. The van der Waals surface area contributed by atoms with E-state index in [0.29, 0.717) is 5.01 Å². The van der Waals surface area contributed by atoms with Crippen LogP contribution in [-0.4, -0.2) is 35.1 Å². The number of hydrogen-bond donors (Lipinski definition) is 2. The number of aromatic nitrogens is 3. The number of methoxy groups -OCH3 is 2. The monoisotopic (exact) mass is 309 g/mol. The van der Waals surface area contributed by atoms with Crippen LogP contribution < -0.4 is 20.5 Å². The Morgan fingerprint density at radius 2 is 1.90 bits per heavy atom. The Labute approximate surface area is 125 Å². The molecule has 21 heavy (non-hydrogen) atoms. The predicted octanol–water partition coefficient (Wildman–Crippen LogP) is 1.22. The van der Waals surface area contributed by atoms with Gasteiger partial charge in [0.15, 0.2) is 0 Å². The maximum absolute atomic E-state index is 12.1. The van der Waals surface area contributed by atoms with Crippen molar-refractivity contribution in [3.8, 4) is 11.8 Å². The van der Waals surface area contributed by atoms with Gasteiger partial charge >= 0.3 is 0 Å². The lowest BCUT2D eigenvalue weighted by molar-refractivity contribution is 0.102. The van der Waals surface area contributed by atoms with Crippen molar-refractivity contribution in [2.24, 2.45) is 5.73 Å². The molecule has 1 amide bonds. The van der Waals surface area contributed by atoms with E-state index in [9.17, 15) is 4.79 Å². The van der Waals surface area contributed by atoms with Crippen LogP contribution in [-0.2, 0) is 0 Å². The molecule has 112 valence electrons. The summed E-state index contributed by atoms with van der Waals surface area (Å²) >= 11 is 1.32. The van der Waals surface area contributed by atoms with Gasteiger partial charge in [-0.3, -0.25) is 10.1 Å². The van der Waals surface area contributed by atoms with Gasteiger partial charge in [0.1, 0.15) is 10.7 Å². The molecule has 2 aromatic heterocycles. The highest BCUT2D eigenvalue weighted by Crippen LogP contribution is 2.19. The zero-order valence-corrected chi connectivity index (χ0v) is 12.6. The highest BCUT2D eigenvalue weighted by atomic mass is 32.1. The number of hydrogen-bond acceptors (Lipinski definition) is 8. The van der Waals surface area contributed by atoms with E-state index in [0.717, 1.165) is 0 Å². The summed E-state index contributed by atoms with van der Waals surface area (Å²) in [6.07, 6.45) is 0. The summed E-state index contributed by atoms with van der Waals surface area (Å²) in [5, 5.41) is 4.86. The van der Waals surface area contributed by atoms with Crippen molar-refractivity contribution in [1.29, 1.82) is 0 Å². The second-order valence-corrected chi connectivity index (χ2v) is 4.98. The van der Waals surface area contributed by atoms with Crippen LogP contribution in [0.4, 0.5) is 5.95 Å². The summed E-state index contributed by atoms with van der Waals surface area (Å²) in [6, 6.07) is 1.29. The molecule has 0 radical (unpaired) electrons. The van der Waals surface area contributed by atoms with Gasteiger partial charge in [-0.15, -0.1) is 11.3 Å². The van der Waals surface area contributed by atoms with Gasteiger partial charge in [0.05, 0.1) is 26.3 Å².